The highest BCUT2D eigenvalue weighted by Crippen LogP contribution is 2.25. The van der Waals surface area contributed by atoms with Gasteiger partial charge >= 0.3 is 0 Å². The molecule has 0 bridgehead atoms. The van der Waals surface area contributed by atoms with E-state index < -0.39 is 0 Å². The molecule has 0 atom stereocenters. The quantitative estimate of drug-likeness (QED) is 0.588. The number of hydrogen-bond acceptors (Lipinski definition) is 1. The minimum Gasteiger partial charge on any atom is -0.193 e. The van der Waals surface area contributed by atoms with Crippen molar-refractivity contribution in [2.24, 2.45) is 0 Å². The molecule has 0 heterocycles. The molecule has 1 rings (SSSR count). The Labute approximate surface area is 109 Å². The van der Waals surface area contributed by atoms with Gasteiger partial charge in [-0.2, -0.15) is 5.26 Å². The molecule has 0 aromatic heterocycles. The van der Waals surface area contributed by atoms with Gasteiger partial charge in [-0.3, -0.25) is 0 Å². The molecule has 78 valence electrons. The van der Waals surface area contributed by atoms with Crippen molar-refractivity contribution in [2.45, 2.75) is 19.8 Å². The molecule has 1 aromatic carbocycles. The molecular weight excluding hydrogens is 320 g/mol. The molecule has 0 saturated carbocycles. The largest absolute Gasteiger partial charge is 0.193 e. The summed E-state index contributed by atoms with van der Waals surface area (Å²) in [6, 6.07) is 10.0. The second-order valence-electron chi connectivity index (χ2n) is 3.16. The Balaban J connectivity index is 3.06. The van der Waals surface area contributed by atoms with Gasteiger partial charge in [-0.15, -0.1) is 0 Å². The summed E-state index contributed by atoms with van der Waals surface area (Å²) in [5.41, 5.74) is 1.59. The van der Waals surface area contributed by atoms with Crippen LogP contribution in [0.15, 0.2) is 29.8 Å². The molecule has 1 nitrogen and oxygen atoms in total. The molecule has 0 N–H and O–H groups in total. The van der Waals surface area contributed by atoms with E-state index in [1.165, 1.54) is 0 Å². The fourth-order valence-electron chi connectivity index (χ4n) is 1.24. The van der Waals surface area contributed by atoms with Crippen LogP contribution in [0.25, 0.3) is 5.03 Å². The lowest BCUT2D eigenvalue weighted by Crippen LogP contribution is -1.85. The van der Waals surface area contributed by atoms with E-state index in [1.807, 2.05) is 31.2 Å². The van der Waals surface area contributed by atoms with Gasteiger partial charge in [-0.1, -0.05) is 37.1 Å². The van der Waals surface area contributed by atoms with Gasteiger partial charge in [-0.25, -0.2) is 0 Å². The molecule has 3 heteroatoms. The first-order chi connectivity index (χ1) is 7.19. The Kier molecular flexibility index (Phi) is 5.13. The van der Waals surface area contributed by atoms with Crippen molar-refractivity contribution in [3.63, 3.8) is 0 Å². The van der Waals surface area contributed by atoms with E-state index in [0.717, 1.165) is 22.0 Å². The third kappa shape index (κ3) is 3.51. The number of rotatable bonds is 3. The molecular formula is C12H11ClIN. The number of halogens is 2. The van der Waals surface area contributed by atoms with Crippen molar-refractivity contribution >= 4 is 39.2 Å². The van der Waals surface area contributed by atoms with Gasteiger partial charge in [0.05, 0.1) is 11.1 Å². The smallest absolute Gasteiger partial charge is 0.0962 e. The third-order valence-electron chi connectivity index (χ3n) is 2.00. The molecule has 0 radical (unpaired) electrons. The van der Waals surface area contributed by atoms with Crippen LogP contribution in [0.5, 0.6) is 0 Å². The van der Waals surface area contributed by atoms with Crippen molar-refractivity contribution in [3.8, 4) is 6.07 Å². The van der Waals surface area contributed by atoms with E-state index in [0.29, 0.717) is 10.6 Å². The fourth-order valence-corrected chi connectivity index (χ4v) is 1.86. The average Bonchev–Trinajstić information content (AvgIpc) is 2.26. The van der Waals surface area contributed by atoms with Crippen LogP contribution < -0.4 is 0 Å². The molecule has 0 aliphatic rings. The van der Waals surface area contributed by atoms with Crippen LogP contribution in [-0.2, 0) is 0 Å². The van der Waals surface area contributed by atoms with Crippen molar-refractivity contribution in [2.75, 3.05) is 0 Å². The molecule has 0 saturated heterocycles. The van der Waals surface area contributed by atoms with Crippen LogP contribution in [0.1, 0.15) is 25.3 Å². The van der Waals surface area contributed by atoms with Crippen molar-refractivity contribution in [1.82, 2.24) is 0 Å². The highest BCUT2D eigenvalue weighted by molar-refractivity contribution is 14.1. The predicted octanol–water partition coefficient (Wildman–Crippen LogP) is 4.56. The van der Waals surface area contributed by atoms with Crippen molar-refractivity contribution in [3.05, 3.63) is 39.0 Å². The molecule has 0 aliphatic carbocycles. The van der Waals surface area contributed by atoms with Gasteiger partial charge in [0.15, 0.2) is 0 Å². The number of allylic oxidation sites excluding steroid dienone is 1. The zero-order valence-corrected chi connectivity index (χ0v) is 11.3. The Morgan fingerprint density at radius 1 is 1.40 bits per heavy atom. The van der Waals surface area contributed by atoms with Gasteiger partial charge in [0.1, 0.15) is 0 Å². The summed E-state index contributed by atoms with van der Waals surface area (Å²) in [5.74, 6) is 0. The monoisotopic (exact) mass is 331 g/mol. The molecule has 0 spiro atoms. The van der Waals surface area contributed by atoms with Crippen LogP contribution in [-0.4, -0.2) is 0 Å². The van der Waals surface area contributed by atoms with Gasteiger partial charge in [0.25, 0.3) is 0 Å². The molecule has 0 unspecified atom stereocenters. The topological polar surface area (TPSA) is 23.8 Å². The zero-order chi connectivity index (χ0) is 11.3. The lowest BCUT2D eigenvalue weighted by atomic mass is 10.1. The maximum absolute atomic E-state index is 8.95. The standard InChI is InChI=1S/C12H11ClIN/c1-2-3-10(8-15)12(13)9-4-6-11(14)7-5-9/h4-7H,2-3H2,1H3/b12-10-. The Morgan fingerprint density at radius 3 is 2.47 bits per heavy atom. The van der Waals surface area contributed by atoms with Crippen LogP contribution in [0, 0.1) is 14.9 Å². The first-order valence-corrected chi connectivity index (χ1v) is 6.19. The van der Waals surface area contributed by atoms with Crippen molar-refractivity contribution < 1.29 is 0 Å². The van der Waals surface area contributed by atoms with Crippen LogP contribution in [0.2, 0.25) is 0 Å². The first kappa shape index (κ1) is 12.5. The number of hydrogen-bond donors (Lipinski definition) is 0. The minimum absolute atomic E-state index is 0.579. The number of nitrogens with zero attached hydrogens (tertiary/aromatic N) is 1. The number of nitriles is 1. The van der Waals surface area contributed by atoms with E-state index >= 15 is 0 Å². The van der Waals surface area contributed by atoms with E-state index in [1.54, 1.807) is 0 Å². The van der Waals surface area contributed by atoms with Gasteiger partial charge in [-0.05, 0) is 46.7 Å². The van der Waals surface area contributed by atoms with Crippen LogP contribution >= 0.6 is 34.2 Å². The first-order valence-electron chi connectivity index (χ1n) is 4.73. The summed E-state index contributed by atoms with van der Waals surface area (Å²) in [6.07, 6.45) is 1.67. The fraction of sp³-hybridized carbons (Fsp3) is 0.250. The van der Waals surface area contributed by atoms with Crippen molar-refractivity contribution in [1.29, 1.82) is 5.26 Å². The molecule has 0 amide bonds. The zero-order valence-electron chi connectivity index (χ0n) is 8.43. The van der Waals surface area contributed by atoms with E-state index in [2.05, 4.69) is 28.7 Å². The Hall–Kier alpha value is -0.530. The summed E-state index contributed by atoms with van der Waals surface area (Å²) in [5, 5.41) is 9.53. The van der Waals surface area contributed by atoms with Crippen LogP contribution in [0.4, 0.5) is 0 Å². The summed E-state index contributed by atoms with van der Waals surface area (Å²) < 4.78 is 1.16. The summed E-state index contributed by atoms with van der Waals surface area (Å²) in [6.45, 7) is 2.04. The normalized spacial score (nSPS) is 11.9. The molecule has 15 heavy (non-hydrogen) atoms. The van der Waals surface area contributed by atoms with Gasteiger partial charge in [0, 0.05) is 9.14 Å². The maximum atomic E-state index is 8.95. The summed E-state index contributed by atoms with van der Waals surface area (Å²) in [7, 11) is 0. The second-order valence-corrected chi connectivity index (χ2v) is 4.78. The van der Waals surface area contributed by atoms with E-state index in [-0.39, 0.29) is 0 Å². The van der Waals surface area contributed by atoms with Crippen LogP contribution in [0.3, 0.4) is 0 Å². The van der Waals surface area contributed by atoms with E-state index in [9.17, 15) is 0 Å². The second kappa shape index (κ2) is 6.14. The Morgan fingerprint density at radius 2 is 2.00 bits per heavy atom. The Bertz CT molecular complexity index is 401. The predicted molar refractivity (Wildman–Crippen MR) is 72.5 cm³/mol. The lowest BCUT2D eigenvalue weighted by molar-refractivity contribution is 0.933. The van der Waals surface area contributed by atoms with Gasteiger partial charge in [0.2, 0.25) is 0 Å². The average molecular weight is 332 g/mol. The van der Waals surface area contributed by atoms with Gasteiger partial charge < -0.3 is 0 Å². The molecule has 0 fully saturated rings. The SMILES string of the molecule is CCC/C(C#N)=C(/Cl)c1ccc(I)cc1. The third-order valence-corrected chi connectivity index (χ3v) is 3.16. The lowest BCUT2D eigenvalue weighted by Gasteiger charge is -2.02. The summed E-state index contributed by atoms with van der Waals surface area (Å²) in [4.78, 5) is 0. The maximum Gasteiger partial charge on any atom is 0.0962 e. The summed E-state index contributed by atoms with van der Waals surface area (Å²) >= 11 is 8.40. The highest BCUT2D eigenvalue weighted by atomic mass is 127. The number of benzene rings is 1. The highest BCUT2D eigenvalue weighted by Gasteiger charge is 2.05. The van der Waals surface area contributed by atoms with E-state index in [4.69, 9.17) is 16.9 Å². The minimum atomic E-state index is 0.579. The molecule has 0 aliphatic heterocycles. The molecule has 1 aromatic rings.